The van der Waals surface area contributed by atoms with Crippen molar-refractivity contribution in [3.8, 4) is 0 Å². The lowest BCUT2D eigenvalue weighted by Crippen LogP contribution is -2.10. The van der Waals surface area contributed by atoms with Gasteiger partial charge in [-0.05, 0) is 50.3 Å². The summed E-state index contributed by atoms with van der Waals surface area (Å²) >= 11 is 0. The molecule has 0 N–H and O–H groups in total. The maximum Gasteiger partial charge on any atom is 0.201 e. The Bertz CT molecular complexity index is 594. The molecule has 1 aromatic carbocycles. The van der Waals surface area contributed by atoms with Crippen molar-refractivity contribution in [2.45, 2.75) is 33.1 Å². The lowest BCUT2D eigenvalue weighted by molar-refractivity contribution is 0.0894. The first-order valence-electron chi connectivity index (χ1n) is 6.68. The first-order chi connectivity index (χ1) is 8.63. The molecule has 0 radical (unpaired) electrons. The topological polar surface area (TPSA) is 30.2 Å². The van der Waals surface area contributed by atoms with Crippen molar-refractivity contribution in [3.05, 3.63) is 35.6 Å². The zero-order chi connectivity index (χ0) is 12.7. The highest BCUT2D eigenvalue weighted by molar-refractivity contribution is 5.99. The molecule has 1 fully saturated rings. The molecule has 0 spiro atoms. The minimum atomic E-state index is 0.168. The van der Waals surface area contributed by atoms with Gasteiger partial charge in [-0.1, -0.05) is 18.6 Å². The van der Waals surface area contributed by atoms with Crippen molar-refractivity contribution in [3.63, 3.8) is 0 Å². The van der Waals surface area contributed by atoms with Gasteiger partial charge in [-0.25, -0.2) is 0 Å². The fraction of sp³-hybridized carbons (Fsp3) is 0.438. The zero-order valence-corrected chi connectivity index (χ0v) is 10.9. The van der Waals surface area contributed by atoms with E-state index in [4.69, 9.17) is 4.42 Å². The van der Waals surface area contributed by atoms with Crippen LogP contribution in [0.15, 0.2) is 28.7 Å². The summed E-state index contributed by atoms with van der Waals surface area (Å²) in [6, 6.07) is 7.91. The quantitative estimate of drug-likeness (QED) is 0.732. The van der Waals surface area contributed by atoms with Gasteiger partial charge in [0.1, 0.15) is 5.58 Å². The van der Waals surface area contributed by atoms with Crippen molar-refractivity contribution < 1.29 is 9.21 Å². The number of fused-ring (bicyclic) bond motifs is 1. The van der Waals surface area contributed by atoms with Crippen LogP contribution in [0.1, 0.15) is 42.3 Å². The van der Waals surface area contributed by atoms with Crippen LogP contribution in [0.5, 0.6) is 0 Å². The molecule has 94 valence electrons. The highest BCUT2D eigenvalue weighted by Gasteiger charge is 2.29. The third kappa shape index (κ3) is 1.96. The lowest BCUT2D eigenvalue weighted by Gasteiger charge is -2.04. The van der Waals surface area contributed by atoms with Crippen LogP contribution < -0.4 is 0 Å². The van der Waals surface area contributed by atoms with Crippen LogP contribution in [0.3, 0.4) is 0 Å². The monoisotopic (exact) mass is 242 g/mol. The van der Waals surface area contributed by atoms with Crippen LogP contribution in [0.4, 0.5) is 0 Å². The standard InChI is InChI=1S/C16H18O2/c1-10-3-5-12(7-10)16(17)15-9-13-8-11(2)4-6-14(13)18-15/h4,6,8-10,12H,3,5,7H2,1-2H3. The fourth-order valence-corrected chi connectivity index (χ4v) is 2.93. The summed E-state index contributed by atoms with van der Waals surface area (Å²) in [5, 5.41) is 1.03. The number of rotatable bonds is 2. The number of ketones is 1. The van der Waals surface area contributed by atoms with Crippen LogP contribution in [-0.4, -0.2) is 5.78 Å². The van der Waals surface area contributed by atoms with E-state index >= 15 is 0 Å². The Hall–Kier alpha value is -1.57. The molecule has 0 saturated heterocycles. The van der Waals surface area contributed by atoms with E-state index in [-0.39, 0.29) is 11.7 Å². The number of hydrogen-bond donors (Lipinski definition) is 0. The third-order valence-electron chi connectivity index (χ3n) is 3.98. The molecular formula is C16H18O2. The summed E-state index contributed by atoms with van der Waals surface area (Å²) in [6.07, 6.45) is 3.18. The maximum atomic E-state index is 12.4. The predicted octanol–water partition coefficient (Wildman–Crippen LogP) is 4.36. The molecule has 2 aromatic rings. The second-order valence-electron chi connectivity index (χ2n) is 5.63. The van der Waals surface area contributed by atoms with Gasteiger partial charge in [0, 0.05) is 11.3 Å². The summed E-state index contributed by atoms with van der Waals surface area (Å²) < 4.78 is 5.68. The van der Waals surface area contributed by atoms with E-state index in [9.17, 15) is 4.79 Å². The van der Waals surface area contributed by atoms with Crippen molar-refractivity contribution in [1.29, 1.82) is 0 Å². The second-order valence-corrected chi connectivity index (χ2v) is 5.63. The first kappa shape index (κ1) is 11.5. The van der Waals surface area contributed by atoms with E-state index in [1.165, 1.54) is 5.56 Å². The summed E-state index contributed by atoms with van der Waals surface area (Å²) in [7, 11) is 0. The number of hydrogen-bond acceptors (Lipinski definition) is 2. The van der Waals surface area contributed by atoms with Gasteiger partial charge in [0.05, 0.1) is 0 Å². The van der Waals surface area contributed by atoms with E-state index < -0.39 is 0 Å². The Morgan fingerprint density at radius 3 is 2.83 bits per heavy atom. The normalized spacial score (nSPS) is 23.7. The number of furan rings is 1. The van der Waals surface area contributed by atoms with Crippen LogP contribution in [0.25, 0.3) is 11.0 Å². The molecule has 2 atom stereocenters. The number of benzene rings is 1. The van der Waals surface area contributed by atoms with Crippen molar-refractivity contribution >= 4 is 16.8 Å². The van der Waals surface area contributed by atoms with Crippen molar-refractivity contribution in [2.75, 3.05) is 0 Å². The van der Waals surface area contributed by atoms with Crippen LogP contribution in [0, 0.1) is 18.8 Å². The highest BCUT2D eigenvalue weighted by Crippen LogP contribution is 2.34. The molecule has 3 rings (SSSR count). The molecule has 0 amide bonds. The second kappa shape index (κ2) is 4.27. The van der Waals surface area contributed by atoms with Gasteiger partial charge in [0.15, 0.2) is 5.76 Å². The SMILES string of the molecule is Cc1ccc2oc(C(=O)C3CCC(C)C3)cc2c1. The largest absolute Gasteiger partial charge is 0.453 e. The van der Waals surface area contributed by atoms with Crippen molar-refractivity contribution in [1.82, 2.24) is 0 Å². The Labute approximate surface area is 107 Å². The molecular weight excluding hydrogens is 224 g/mol. The predicted molar refractivity (Wildman–Crippen MR) is 71.8 cm³/mol. The Morgan fingerprint density at radius 1 is 1.28 bits per heavy atom. The molecule has 2 nitrogen and oxygen atoms in total. The average molecular weight is 242 g/mol. The van der Waals surface area contributed by atoms with E-state index in [0.717, 1.165) is 30.2 Å². The number of carbonyl (C=O) groups is 1. The highest BCUT2D eigenvalue weighted by atomic mass is 16.3. The number of carbonyl (C=O) groups excluding carboxylic acids is 1. The van der Waals surface area contributed by atoms with Gasteiger partial charge < -0.3 is 4.42 Å². The van der Waals surface area contributed by atoms with Gasteiger partial charge >= 0.3 is 0 Å². The van der Waals surface area contributed by atoms with E-state index in [0.29, 0.717) is 11.7 Å². The molecule has 1 aliphatic rings. The zero-order valence-electron chi connectivity index (χ0n) is 10.9. The minimum Gasteiger partial charge on any atom is -0.453 e. The molecule has 18 heavy (non-hydrogen) atoms. The maximum absolute atomic E-state index is 12.4. The fourth-order valence-electron chi connectivity index (χ4n) is 2.93. The van der Waals surface area contributed by atoms with Gasteiger partial charge in [-0.15, -0.1) is 0 Å². The molecule has 0 bridgehead atoms. The smallest absolute Gasteiger partial charge is 0.201 e. The molecule has 1 aliphatic carbocycles. The van der Waals surface area contributed by atoms with Crippen LogP contribution in [-0.2, 0) is 0 Å². The Balaban J connectivity index is 1.92. The lowest BCUT2D eigenvalue weighted by atomic mass is 9.99. The van der Waals surface area contributed by atoms with Crippen molar-refractivity contribution in [2.24, 2.45) is 11.8 Å². The summed E-state index contributed by atoms with van der Waals surface area (Å²) in [5.74, 6) is 1.56. The number of aryl methyl sites for hydroxylation is 1. The third-order valence-corrected chi connectivity index (χ3v) is 3.98. The molecule has 1 saturated carbocycles. The molecule has 2 heteroatoms. The van der Waals surface area contributed by atoms with E-state index in [2.05, 4.69) is 13.0 Å². The van der Waals surface area contributed by atoms with Gasteiger partial charge in [0.2, 0.25) is 5.78 Å². The average Bonchev–Trinajstić information content (AvgIpc) is 2.93. The van der Waals surface area contributed by atoms with E-state index in [1.807, 2.05) is 25.1 Å². The van der Waals surface area contributed by atoms with Crippen LogP contribution >= 0.6 is 0 Å². The van der Waals surface area contributed by atoms with E-state index in [1.54, 1.807) is 0 Å². The molecule has 0 aliphatic heterocycles. The Morgan fingerprint density at radius 2 is 2.11 bits per heavy atom. The van der Waals surface area contributed by atoms with Crippen LogP contribution in [0.2, 0.25) is 0 Å². The van der Waals surface area contributed by atoms with Gasteiger partial charge in [-0.2, -0.15) is 0 Å². The van der Waals surface area contributed by atoms with Gasteiger partial charge in [-0.3, -0.25) is 4.79 Å². The summed E-state index contributed by atoms with van der Waals surface area (Å²) in [4.78, 5) is 12.4. The first-order valence-corrected chi connectivity index (χ1v) is 6.68. The number of Topliss-reactive ketones (excluding diaryl/α,β-unsaturated/α-hetero) is 1. The minimum absolute atomic E-state index is 0.168. The molecule has 1 aromatic heterocycles. The summed E-state index contributed by atoms with van der Waals surface area (Å²) in [5.41, 5.74) is 2.01. The molecule has 2 unspecified atom stereocenters. The van der Waals surface area contributed by atoms with Gasteiger partial charge in [0.25, 0.3) is 0 Å². The summed E-state index contributed by atoms with van der Waals surface area (Å²) in [6.45, 7) is 4.27. The Kier molecular flexibility index (Phi) is 2.73. The molecule has 1 heterocycles.